The van der Waals surface area contributed by atoms with E-state index >= 15 is 0 Å². The molecule has 0 aliphatic carbocycles. The molecule has 0 bridgehead atoms. The van der Waals surface area contributed by atoms with Crippen molar-refractivity contribution >= 4 is 5.91 Å². The first-order valence-electron chi connectivity index (χ1n) is 8.10. The SMILES string of the molecule is COc1ccc(CCCCC(=O)N(C)Cc2ccccc2)cc1. The van der Waals surface area contributed by atoms with Crippen LogP contribution < -0.4 is 4.74 Å². The molecular formula is C20H25NO2. The van der Waals surface area contributed by atoms with Gasteiger partial charge in [0.15, 0.2) is 0 Å². The van der Waals surface area contributed by atoms with E-state index in [1.54, 1.807) is 7.11 Å². The van der Waals surface area contributed by atoms with Crippen molar-refractivity contribution in [1.29, 1.82) is 0 Å². The Kier molecular flexibility index (Phi) is 6.67. The summed E-state index contributed by atoms with van der Waals surface area (Å²) in [4.78, 5) is 14.0. The monoisotopic (exact) mass is 311 g/mol. The second-order valence-corrected chi connectivity index (χ2v) is 5.79. The Labute approximate surface area is 138 Å². The van der Waals surface area contributed by atoms with Gasteiger partial charge in [0.2, 0.25) is 5.91 Å². The van der Waals surface area contributed by atoms with E-state index in [9.17, 15) is 4.79 Å². The second-order valence-electron chi connectivity index (χ2n) is 5.79. The fourth-order valence-electron chi connectivity index (χ4n) is 2.53. The number of carbonyl (C=O) groups is 1. The Balaban J connectivity index is 1.67. The van der Waals surface area contributed by atoms with Crippen molar-refractivity contribution in [2.75, 3.05) is 14.2 Å². The predicted molar refractivity (Wildman–Crippen MR) is 93.5 cm³/mol. The van der Waals surface area contributed by atoms with Gasteiger partial charge in [-0.1, -0.05) is 42.5 Å². The normalized spacial score (nSPS) is 10.3. The molecule has 0 N–H and O–H groups in total. The average Bonchev–Trinajstić information content (AvgIpc) is 2.60. The number of benzene rings is 2. The molecule has 2 aromatic rings. The molecule has 2 rings (SSSR count). The molecule has 2 aromatic carbocycles. The van der Waals surface area contributed by atoms with E-state index in [1.807, 2.05) is 54.4 Å². The standard InChI is InChI=1S/C20H25NO2/c1-21(16-18-9-4-3-5-10-18)20(22)11-7-6-8-17-12-14-19(23-2)15-13-17/h3-5,9-10,12-15H,6-8,11,16H2,1-2H3. The number of unbranched alkanes of at least 4 members (excludes halogenated alkanes) is 1. The summed E-state index contributed by atoms with van der Waals surface area (Å²) >= 11 is 0. The van der Waals surface area contributed by atoms with E-state index < -0.39 is 0 Å². The highest BCUT2D eigenvalue weighted by molar-refractivity contribution is 5.75. The summed E-state index contributed by atoms with van der Waals surface area (Å²) in [5.74, 6) is 1.09. The van der Waals surface area contributed by atoms with Gasteiger partial charge in [-0.25, -0.2) is 0 Å². The van der Waals surface area contributed by atoms with Crippen molar-refractivity contribution in [3.05, 3.63) is 65.7 Å². The summed E-state index contributed by atoms with van der Waals surface area (Å²) in [5.41, 5.74) is 2.46. The van der Waals surface area contributed by atoms with E-state index in [0.29, 0.717) is 13.0 Å². The van der Waals surface area contributed by atoms with Crippen molar-refractivity contribution in [1.82, 2.24) is 4.90 Å². The van der Waals surface area contributed by atoms with Crippen molar-refractivity contribution in [3.63, 3.8) is 0 Å². The smallest absolute Gasteiger partial charge is 0.222 e. The average molecular weight is 311 g/mol. The third-order valence-electron chi connectivity index (χ3n) is 3.95. The maximum atomic E-state index is 12.2. The second kappa shape index (κ2) is 8.99. The summed E-state index contributed by atoms with van der Waals surface area (Å²) in [6.07, 6.45) is 3.56. The maximum absolute atomic E-state index is 12.2. The van der Waals surface area contributed by atoms with E-state index in [1.165, 1.54) is 11.1 Å². The van der Waals surface area contributed by atoms with E-state index in [4.69, 9.17) is 4.74 Å². The number of hydrogen-bond acceptors (Lipinski definition) is 2. The Morgan fingerprint density at radius 1 is 0.957 bits per heavy atom. The number of ether oxygens (including phenoxy) is 1. The van der Waals surface area contributed by atoms with Gasteiger partial charge in [-0.05, 0) is 42.5 Å². The van der Waals surface area contributed by atoms with Crippen molar-refractivity contribution in [2.24, 2.45) is 0 Å². The largest absolute Gasteiger partial charge is 0.497 e. The zero-order valence-corrected chi connectivity index (χ0v) is 14.0. The Hall–Kier alpha value is -2.29. The molecule has 0 aliphatic heterocycles. The third kappa shape index (κ3) is 5.78. The van der Waals surface area contributed by atoms with Gasteiger partial charge in [-0.2, -0.15) is 0 Å². The third-order valence-corrected chi connectivity index (χ3v) is 3.95. The molecule has 0 spiro atoms. The quantitative estimate of drug-likeness (QED) is 0.688. The zero-order valence-electron chi connectivity index (χ0n) is 14.0. The highest BCUT2D eigenvalue weighted by atomic mass is 16.5. The fourth-order valence-corrected chi connectivity index (χ4v) is 2.53. The topological polar surface area (TPSA) is 29.5 Å². The molecule has 3 heteroatoms. The minimum absolute atomic E-state index is 0.212. The molecule has 1 amide bonds. The molecule has 0 fully saturated rings. The first-order valence-corrected chi connectivity index (χ1v) is 8.10. The van der Waals surface area contributed by atoms with Crippen molar-refractivity contribution in [2.45, 2.75) is 32.2 Å². The molecule has 0 heterocycles. The van der Waals surface area contributed by atoms with Crippen LogP contribution in [-0.2, 0) is 17.8 Å². The lowest BCUT2D eigenvalue weighted by Gasteiger charge is -2.17. The fraction of sp³-hybridized carbons (Fsp3) is 0.350. The van der Waals surface area contributed by atoms with Crippen molar-refractivity contribution in [3.8, 4) is 5.75 Å². The molecule has 0 unspecified atom stereocenters. The lowest BCUT2D eigenvalue weighted by Crippen LogP contribution is -2.25. The Morgan fingerprint density at radius 2 is 1.65 bits per heavy atom. The number of methoxy groups -OCH3 is 1. The molecule has 0 aromatic heterocycles. The van der Waals surface area contributed by atoms with Crippen LogP contribution >= 0.6 is 0 Å². The van der Waals surface area contributed by atoms with Crippen LogP contribution in [0.3, 0.4) is 0 Å². The van der Waals surface area contributed by atoms with Gasteiger partial charge in [0.1, 0.15) is 5.75 Å². The van der Waals surface area contributed by atoms with Gasteiger partial charge in [-0.15, -0.1) is 0 Å². The molecule has 0 aliphatic rings. The van der Waals surface area contributed by atoms with Crippen LogP contribution in [-0.4, -0.2) is 25.0 Å². The molecule has 122 valence electrons. The van der Waals surface area contributed by atoms with Crippen LogP contribution in [0.25, 0.3) is 0 Å². The van der Waals surface area contributed by atoms with E-state index in [0.717, 1.165) is 25.0 Å². The summed E-state index contributed by atoms with van der Waals surface area (Å²) in [6, 6.07) is 18.2. The van der Waals surface area contributed by atoms with Crippen molar-refractivity contribution < 1.29 is 9.53 Å². The highest BCUT2D eigenvalue weighted by Gasteiger charge is 2.08. The lowest BCUT2D eigenvalue weighted by molar-refractivity contribution is -0.130. The first-order chi connectivity index (χ1) is 11.2. The maximum Gasteiger partial charge on any atom is 0.222 e. The molecule has 23 heavy (non-hydrogen) atoms. The molecule has 0 atom stereocenters. The van der Waals surface area contributed by atoms with Gasteiger partial charge < -0.3 is 9.64 Å². The highest BCUT2D eigenvalue weighted by Crippen LogP contribution is 2.14. The summed E-state index contributed by atoms with van der Waals surface area (Å²) in [7, 11) is 3.55. The minimum atomic E-state index is 0.212. The number of hydrogen-bond donors (Lipinski definition) is 0. The van der Waals surface area contributed by atoms with E-state index in [2.05, 4.69) is 12.1 Å². The van der Waals surface area contributed by atoms with E-state index in [-0.39, 0.29) is 5.91 Å². The van der Waals surface area contributed by atoms with Crippen LogP contribution in [0.5, 0.6) is 5.75 Å². The van der Waals surface area contributed by atoms with Gasteiger partial charge in [0.25, 0.3) is 0 Å². The summed E-state index contributed by atoms with van der Waals surface area (Å²) in [6.45, 7) is 0.679. The number of aryl methyl sites for hydroxylation is 1. The zero-order chi connectivity index (χ0) is 16.5. The Morgan fingerprint density at radius 3 is 2.30 bits per heavy atom. The Bertz CT molecular complexity index is 593. The summed E-state index contributed by atoms with van der Waals surface area (Å²) < 4.78 is 5.15. The number of amides is 1. The summed E-state index contributed by atoms with van der Waals surface area (Å²) in [5, 5.41) is 0. The van der Waals surface area contributed by atoms with Crippen LogP contribution in [0.2, 0.25) is 0 Å². The number of rotatable bonds is 8. The number of nitrogens with zero attached hydrogens (tertiary/aromatic N) is 1. The van der Waals surface area contributed by atoms with Crippen LogP contribution in [0.1, 0.15) is 30.4 Å². The first kappa shape index (κ1) is 17.1. The van der Waals surface area contributed by atoms with Crippen LogP contribution in [0, 0.1) is 0 Å². The molecule has 0 saturated heterocycles. The lowest BCUT2D eigenvalue weighted by atomic mass is 10.1. The van der Waals surface area contributed by atoms with Gasteiger partial charge in [0.05, 0.1) is 7.11 Å². The predicted octanol–water partition coefficient (Wildman–Crippen LogP) is 4.07. The number of carbonyl (C=O) groups excluding carboxylic acids is 1. The van der Waals surface area contributed by atoms with Crippen LogP contribution in [0.15, 0.2) is 54.6 Å². The van der Waals surface area contributed by atoms with Crippen LogP contribution in [0.4, 0.5) is 0 Å². The molecule has 0 saturated carbocycles. The molecule has 0 radical (unpaired) electrons. The minimum Gasteiger partial charge on any atom is -0.497 e. The van der Waals surface area contributed by atoms with Gasteiger partial charge >= 0.3 is 0 Å². The van der Waals surface area contributed by atoms with Gasteiger partial charge in [0, 0.05) is 20.0 Å². The van der Waals surface area contributed by atoms with Gasteiger partial charge in [-0.3, -0.25) is 4.79 Å². The molecule has 3 nitrogen and oxygen atoms in total. The molecular weight excluding hydrogens is 286 g/mol.